The fourth-order valence-electron chi connectivity index (χ4n) is 3.34. The molecule has 2 aromatic rings. The number of hydrogen-bond acceptors (Lipinski definition) is 2. The number of imidazole rings is 1. The van der Waals surface area contributed by atoms with E-state index in [1.807, 2.05) is 19.2 Å². The Morgan fingerprint density at radius 3 is 2.58 bits per heavy atom. The van der Waals surface area contributed by atoms with E-state index in [0.29, 0.717) is 11.8 Å². The van der Waals surface area contributed by atoms with Crippen LogP contribution in [0.1, 0.15) is 45.1 Å². The Morgan fingerprint density at radius 2 is 1.96 bits per heavy atom. The molecule has 1 N–H and O–H groups in total. The van der Waals surface area contributed by atoms with Gasteiger partial charge in [-0.15, -0.1) is 0 Å². The molecule has 5 heteroatoms. The molecule has 3 rings (SSSR count). The van der Waals surface area contributed by atoms with Crippen molar-refractivity contribution >= 4 is 19.4 Å². The molecule has 1 aromatic carbocycles. The first-order valence-corrected chi connectivity index (χ1v) is 11.8. The molecule has 1 aliphatic carbocycles. The first-order chi connectivity index (χ1) is 11.1. The average Bonchev–Trinajstić information content (AvgIpc) is 2.72. The van der Waals surface area contributed by atoms with Crippen molar-refractivity contribution in [2.75, 3.05) is 6.61 Å². The molecule has 1 saturated carbocycles. The molecule has 1 heterocycles. The van der Waals surface area contributed by atoms with E-state index in [1.54, 1.807) is 4.57 Å². The predicted octanol–water partition coefficient (Wildman–Crippen LogP) is 4.38. The van der Waals surface area contributed by atoms with Gasteiger partial charge in [-0.3, -0.25) is 4.57 Å². The van der Waals surface area contributed by atoms with Crippen molar-refractivity contribution in [3.63, 3.8) is 0 Å². The van der Waals surface area contributed by atoms with Gasteiger partial charge in [0, 0.05) is 13.7 Å². The van der Waals surface area contributed by atoms with Crippen molar-refractivity contribution < 1.29 is 4.43 Å². The van der Waals surface area contributed by atoms with Crippen LogP contribution in [-0.4, -0.2) is 24.5 Å². The van der Waals surface area contributed by atoms with Gasteiger partial charge in [-0.1, -0.05) is 32.9 Å². The van der Waals surface area contributed by atoms with Crippen molar-refractivity contribution in [1.82, 2.24) is 9.55 Å². The molecule has 0 atom stereocenters. The standard InChI is InChI=1S/C19H30N2O2Si/c1-19(2,3)24(5,6)23-12-13-10-14(11-13)15-8-7-9-16-17(15)21(4)18(22)20-16/h7-9,13-14H,10-12H2,1-6H3,(H,20,22). The lowest BCUT2D eigenvalue weighted by Crippen LogP contribution is -2.43. The number of rotatable bonds is 4. The van der Waals surface area contributed by atoms with Gasteiger partial charge in [-0.2, -0.15) is 0 Å². The third-order valence-electron chi connectivity index (χ3n) is 6.11. The molecule has 1 aliphatic rings. The summed E-state index contributed by atoms with van der Waals surface area (Å²) >= 11 is 0. The minimum Gasteiger partial charge on any atom is -0.417 e. The highest BCUT2D eigenvalue weighted by molar-refractivity contribution is 6.74. The van der Waals surface area contributed by atoms with Gasteiger partial charge in [0.15, 0.2) is 8.32 Å². The van der Waals surface area contributed by atoms with E-state index < -0.39 is 8.32 Å². The molecular weight excluding hydrogens is 316 g/mol. The number of benzene rings is 1. The van der Waals surface area contributed by atoms with Gasteiger partial charge in [0.2, 0.25) is 0 Å². The van der Waals surface area contributed by atoms with Crippen LogP contribution >= 0.6 is 0 Å². The van der Waals surface area contributed by atoms with Gasteiger partial charge in [-0.25, -0.2) is 4.79 Å². The Kier molecular flexibility index (Phi) is 4.29. The second kappa shape index (κ2) is 5.88. The third-order valence-corrected chi connectivity index (χ3v) is 10.6. The van der Waals surface area contributed by atoms with Crippen molar-refractivity contribution in [2.24, 2.45) is 13.0 Å². The lowest BCUT2D eigenvalue weighted by atomic mass is 9.71. The maximum atomic E-state index is 11.9. The van der Waals surface area contributed by atoms with Crippen molar-refractivity contribution in [3.05, 3.63) is 34.2 Å². The van der Waals surface area contributed by atoms with Gasteiger partial charge in [-0.05, 0) is 54.4 Å². The Bertz CT molecular complexity index is 792. The number of nitrogens with zero attached hydrogens (tertiary/aromatic N) is 1. The summed E-state index contributed by atoms with van der Waals surface area (Å²) < 4.78 is 8.12. The van der Waals surface area contributed by atoms with E-state index in [0.717, 1.165) is 30.5 Å². The first-order valence-electron chi connectivity index (χ1n) is 8.92. The average molecular weight is 347 g/mol. The zero-order valence-corrected chi connectivity index (χ0v) is 16.8. The molecule has 0 radical (unpaired) electrons. The molecular formula is C19H30N2O2Si. The van der Waals surface area contributed by atoms with Crippen molar-refractivity contribution in [3.8, 4) is 0 Å². The zero-order chi connectivity index (χ0) is 17.7. The van der Waals surface area contributed by atoms with Gasteiger partial charge >= 0.3 is 5.69 Å². The van der Waals surface area contributed by atoms with Crippen LogP contribution in [0.4, 0.5) is 0 Å². The molecule has 0 spiro atoms. The van der Waals surface area contributed by atoms with Crippen LogP contribution in [0.5, 0.6) is 0 Å². The Morgan fingerprint density at radius 1 is 1.29 bits per heavy atom. The summed E-state index contributed by atoms with van der Waals surface area (Å²) in [4.78, 5) is 14.8. The molecule has 0 amide bonds. The summed E-state index contributed by atoms with van der Waals surface area (Å²) in [5, 5.41) is 0.269. The largest absolute Gasteiger partial charge is 0.417 e. The summed E-state index contributed by atoms with van der Waals surface area (Å²) in [5.41, 5.74) is 3.28. The van der Waals surface area contributed by atoms with Crippen LogP contribution < -0.4 is 5.69 Å². The number of aromatic nitrogens is 2. The van der Waals surface area contributed by atoms with E-state index in [4.69, 9.17) is 4.43 Å². The molecule has 4 nitrogen and oxygen atoms in total. The SMILES string of the molecule is Cn1c(=O)[nH]c2cccc(C3CC(CO[Si](C)(C)C(C)(C)C)C3)c21. The van der Waals surface area contributed by atoms with Crippen LogP contribution in [0.25, 0.3) is 11.0 Å². The first kappa shape index (κ1) is 17.5. The number of aryl methyl sites for hydroxylation is 1. The Labute approximate surface area is 145 Å². The van der Waals surface area contributed by atoms with E-state index in [9.17, 15) is 4.79 Å². The van der Waals surface area contributed by atoms with E-state index in [-0.39, 0.29) is 10.7 Å². The summed E-state index contributed by atoms with van der Waals surface area (Å²) in [6.45, 7) is 12.4. The van der Waals surface area contributed by atoms with E-state index in [1.165, 1.54) is 5.56 Å². The van der Waals surface area contributed by atoms with Crippen LogP contribution in [0.15, 0.2) is 23.0 Å². The fraction of sp³-hybridized carbons (Fsp3) is 0.632. The number of hydrogen-bond donors (Lipinski definition) is 1. The normalized spacial score (nSPS) is 21.9. The third kappa shape index (κ3) is 2.99. The molecule has 1 aromatic heterocycles. The van der Waals surface area contributed by atoms with Crippen LogP contribution in [0.2, 0.25) is 18.1 Å². The summed E-state index contributed by atoms with van der Waals surface area (Å²) in [7, 11) is 0.197. The molecule has 1 fully saturated rings. The van der Waals surface area contributed by atoms with Gasteiger partial charge < -0.3 is 9.41 Å². The van der Waals surface area contributed by atoms with Crippen LogP contribution in [0, 0.1) is 5.92 Å². The minimum atomic E-state index is -1.65. The zero-order valence-electron chi connectivity index (χ0n) is 15.8. The van der Waals surface area contributed by atoms with Gasteiger partial charge in [0.1, 0.15) is 0 Å². The van der Waals surface area contributed by atoms with Crippen LogP contribution in [0.3, 0.4) is 0 Å². The summed E-state index contributed by atoms with van der Waals surface area (Å²) in [6.07, 6.45) is 2.32. The van der Waals surface area contributed by atoms with Crippen molar-refractivity contribution in [1.29, 1.82) is 0 Å². The number of para-hydroxylation sites is 1. The lowest BCUT2D eigenvalue weighted by Gasteiger charge is -2.41. The number of nitrogens with one attached hydrogen (secondary N) is 1. The summed E-state index contributed by atoms with van der Waals surface area (Å²) in [6, 6.07) is 6.20. The van der Waals surface area contributed by atoms with Crippen LogP contribution in [-0.2, 0) is 11.5 Å². The van der Waals surface area contributed by atoms with Gasteiger partial charge in [0.25, 0.3) is 0 Å². The predicted molar refractivity (Wildman–Crippen MR) is 102 cm³/mol. The Balaban J connectivity index is 1.67. The molecule has 0 bridgehead atoms. The quantitative estimate of drug-likeness (QED) is 0.835. The molecule has 24 heavy (non-hydrogen) atoms. The summed E-state index contributed by atoms with van der Waals surface area (Å²) in [5.74, 6) is 1.19. The smallest absolute Gasteiger partial charge is 0.326 e. The fourth-order valence-corrected chi connectivity index (χ4v) is 4.42. The highest BCUT2D eigenvalue weighted by atomic mass is 28.4. The van der Waals surface area contributed by atoms with Gasteiger partial charge in [0.05, 0.1) is 11.0 Å². The Hall–Kier alpha value is -1.33. The molecule has 0 aliphatic heterocycles. The highest BCUT2D eigenvalue weighted by Crippen LogP contribution is 2.45. The number of aromatic amines is 1. The maximum absolute atomic E-state index is 11.9. The molecule has 0 unspecified atom stereocenters. The molecule has 132 valence electrons. The topological polar surface area (TPSA) is 47.0 Å². The number of H-pyrrole nitrogens is 1. The maximum Gasteiger partial charge on any atom is 0.326 e. The minimum absolute atomic E-state index is 0.0328. The second-order valence-corrected chi connectivity index (χ2v) is 13.6. The number of fused-ring (bicyclic) bond motifs is 1. The molecule has 0 saturated heterocycles. The van der Waals surface area contributed by atoms with E-state index >= 15 is 0 Å². The second-order valence-electron chi connectivity index (χ2n) is 8.84. The van der Waals surface area contributed by atoms with Crippen molar-refractivity contribution in [2.45, 2.75) is 57.7 Å². The lowest BCUT2D eigenvalue weighted by molar-refractivity contribution is 0.147. The highest BCUT2D eigenvalue weighted by Gasteiger charge is 2.39. The van der Waals surface area contributed by atoms with E-state index in [2.05, 4.69) is 44.9 Å². The monoisotopic (exact) mass is 346 g/mol.